The van der Waals surface area contributed by atoms with Crippen LogP contribution in [0.3, 0.4) is 0 Å². The SMILES string of the molecule is CN(C)c1ccc(CCC(=O)NCC[C@H](O)C(=O)O)cc1. The van der Waals surface area contributed by atoms with Gasteiger partial charge in [-0.2, -0.15) is 0 Å². The topological polar surface area (TPSA) is 89.9 Å². The average molecular weight is 294 g/mol. The fourth-order valence-electron chi connectivity index (χ4n) is 1.78. The molecule has 6 heteroatoms. The van der Waals surface area contributed by atoms with Crippen LogP contribution in [0.4, 0.5) is 5.69 Å². The predicted molar refractivity (Wildman–Crippen MR) is 80.4 cm³/mol. The Morgan fingerprint density at radius 3 is 2.38 bits per heavy atom. The van der Waals surface area contributed by atoms with Gasteiger partial charge >= 0.3 is 5.97 Å². The first-order chi connectivity index (χ1) is 9.90. The quantitative estimate of drug-likeness (QED) is 0.654. The minimum Gasteiger partial charge on any atom is -0.479 e. The summed E-state index contributed by atoms with van der Waals surface area (Å²) < 4.78 is 0. The van der Waals surface area contributed by atoms with Crippen molar-refractivity contribution in [1.29, 1.82) is 0 Å². The van der Waals surface area contributed by atoms with Crippen molar-refractivity contribution in [3.63, 3.8) is 0 Å². The fraction of sp³-hybridized carbons (Fsp3) is 0.467. The van der Waals surface area contributed by atoms with Gasteiger partial charge in [0, 0.05) is 39.2 Å². The van der Waals surface area contributed by atoms with E-state index < -0.39 is 12.1 Å². The van der Waals surface area contributed by atoms with E-state index in [2.05, 4.69) is 5.32 Å². The average Bonchev–Trinajstić information content (AvgIpc) is 2.45. The molecule has 1 amide bonds. The number of anilines is 1. The van der Waals surface area contributed by atoms with E-state index in [0.29, 0.717) is 12.8 Å². The number of carboxylic acid groups (broad SMARTS) is 1. The van der Waals surface area contributed by atoms with E-state index in [1.54, 1.807) is 0 Å². The summed E-state index contributed by atoms with van der Waals surface area (Å²) in [7, 11) is 3.93. The van der Waals surface area contributed by atoms with Crippen LogP contribution in [-0.2, 0) is 16.0 Å². The molecule has 116 valence electrons. The Labute approximate surface area is 124 Å². The van der Waals surface area contributed by atoms with Crippen molar-refractivity contribution in [3.05, 3.63) is 29.8 Å². The van der Waals surface area contributed by atoms with Crippen molar-refractivity contribution in [3.8, 4) is 0 Å². The summed E-state index contributed by atoms with van der Waals surface area (Å²) in [6.45, 7) is 0.159. The first-order valence-electron chi connectivity index (χ1n) is 6.84. The van der Waals surface area contributed by atoms with Crippen LogP contribution < -0.4 is 10.2 Å². The predicted octanol–water partition coefficient (Wildman–Crippen LogP) is 0.637. The summed E-state index contributed by atoms with van der Waals surface area (Å²) in [4.78, 5) is 24.0. The first-order valence-corrected chi connectivity index (χ1v) is 6.84. The Morgan fingerprint density at radius 1 is 1.24 bits per heavy atom. The smallest absolute Gasteiger partial charge is 0.332 e. The zero-order valence-electron chi connectivity index (χ0n) is 12.4. The lowest BCUT2D eigenvalue weighted by Crippen LogP contribution is -2.30. The van der Waals surface area contributed by atoms with Crippen molar-refractivity contribution >= 4 is 17.6 Å². The van der Waals surface area contributed by atoms with E-state index in [-0.39, 0.29) is 18.9 Å². The number of nitrogens with zero attached hydrogens (tertiary/aromatic N) is 1. The molecular weight excluding hydrogens is 272 g/mol. The highest BCUT2D eigenvalue weighted by Crippen LogP contribution is 2.13. The molecule has 0 saturated carbocycles. The lowest BCUT2D eigenvalue weighted by molar-refractivity contribution is -0.147. The minimum absolute atomic E-state index is 0.0125. The van der Waals surface area contributed by atoms with Crippen molar-refractivity contribution < 1.29 is 19.8 Å². The number of aliphatic hydroxyl groups is 1. The van der Waals surface area contributed by atoms with E-state index >= 15 is 0 Å². The van der Waals surface area contributed by atoms with Gasteiger partial charge < -0.3 is 20.4 Å². The molecule has 0 aliphatic rings. The van der Waals surface area contributed by atoms with Gasteiger partial charge in [0.2, 0.25) is 5.91 Å². The second-order valence-corrected chi connectivity index (χ2v) is 5.05. The van der Waals surface area contributed by atoms with Gasteiger partial charge in [0.05, 0.1) is 0 Å². The van der Waals surface area contributed by atoms with Crippen LogP contribution in [0.2, 0.25) is 0 Å². The number of carboxylic acids is 1. The van der Waals surface area contributed by atoms with E-state index in [4.69, 9.17) is 10.2 Å². The molecule has 0 fully saturated rings. The summed E-state index contributed by atoms with van der Waals surface area (Å²) in [6, 6.07) is 7.96. The molecule has 0 heterocycles. The highest BCUT2D eigenvalue weighted by Gasteiger charge is 2.12. The monoisotopic (exact) mass is 294 g/mol. The number of aliphatic carboxylic acids is 1. The molecule has 0 saturated heterocycles. The summed E-state index contributed by atoms with van der Waals surface area (Å²) in [6.07, 6.45) is -0.451. The third kappa shape index (κ3) is 6.27. The largest absolute Gasteiger partial charge is 0.479 e. The molecule has 0 unspecified atom stereocenters. The van der Waals surface area contributed by atoms with Crippen molar-refractivity contribution in [1.82, 2.24) is 5.32 Å². The Bertz CT molecular complexity index is 471. The highest BCUT2D eigenvalue weighted by atomic mass is 16.4. The zero-order valence-corrected chi connectivity index (χ0v) is 12.4. The van der Waals surface area contributed by atoms with Crippen molar-refractivity contribution in [2.45, 2.75) is 25.4 Å². The molecule has 3 N–H and O–H groups in total. The van der Waals surface area contributed by atoms with Crippen LogP contribution >= 0.6 is 0 Å². The maximum absolute atomic E-state index is 11.6. The van der Waals surface area contributed by atoms with Gasteiger partial charge in [-0.1, -0.05) is 12.1 Å². The lowest BCUT2D eigenvalue weighted by Gasteiger charge is -2.12. The Kier molecular flexibility index (Phi) is 6.68. The molecule has 1 rings (SSSR count). The summed E-state index contributed by atoms with van der Waals surface area (Å²) in [5, 5.41) is 20.2. The Morgan fingerprint density at radius 2 is 1.86 bits per heavy atom. The second kappa shape index (κ2) is 8.26. The molecule has 0 aliphatic carbocycles. The van der Waals surface area contributed by atoms with Crippen molar-refractivity contribution in [2.24, 2.45) is 0 Å². The highest BCUT2D eigenvalue weighted by molar-refractivity contribution is 5.76. The molecule has 6 nitrogen and oxygen atoms in total. The molecule has 1 aromatic rings. The molecule has 0 bridgehead atoms. The van der Waals surface area contributed by atoms with Gasteiger partial charge in [-0.3, -0.25) is 4.79 Å². The number of benzene rings is 1. The number of rotatable bonds is 8. The summed E-state index contributed by atoms with van der Waals surface area (Å²) in [5.41, 5.74) is 2.17. The van der Waals surface area contributed by atoms with Gasteiger partial charge in [0.25, 0.3) is 0 Å². The zero-order chi connectivity index (χ0) is 15.8. The van der Waals surface area contributed by atoms with Crippen LogP contribution in [0.5, 0.6) is 0 Å². The fourth-order valence-corrected chi connectivity index (χ4v) is 1.78. The lowest BCUT2D eigenvalue weighted by atomic mass is 10.1. The normalized spacial score (nSPS) is 11.8. The number of aryl methyl sites for hydroxylation is 1. The Balaban J connectivity index is 2.28. The van der Waals surface area contributed by atoms with E-state index in [0.717, 1.165) is 11.3 Å². The van der Waals surface area contributed by atoms with Crippen molar-refractivity contribution in [2.75, 3.05) is 25.5 Å². The Hall–Kier alpha value is -2.08. The maximum Gasteiger partial charge on any atom is 0.332 e. The first kappa shape index (κ1) is 17.0. The molecule has 0 spiro atoms. The maximum atomic E-state index is 11.6. The van der Waals surface area contributed by atoms with Crippen LogP contribution in [0.15, 0.2) is 24.3 Å². The number of hydrogen-bond donors (Lipinski definition) is 3. The van der Waals surface area contributed by atoms with Gasteiger partial charge in [-0.25, -0.2) is 4.79 Å². The molecule has 1 aromatic carbocycles. The molecular formula is C15H22N2O4. The molecule has 1 atom stereocenters. The van der Waals surface area contributed by atoms with Crippen LogP contribution in [-0.4, -0.2) is 48.8 Å². The van der Waals surface area contributed by atoms with Crippen LogP contribution in [0.1, 0.15) is 18.4 Å². The number of amides is 1. The summed E-state index contributed by atoms with van der Waals surface area (Å²) in [5.74, 6) is -1.42. The van der Waals surface area contributed by atoms with Gasteiger partial charge in [-0.05, 0) is 24.1 Å². The molecule has 0 radical (unpaired) electrons. The minimum atomic E-state index is -1.43. The van der Waals surface area contributed by atoms with E-state index in [1.807, 2.05) is 43.3 Å². The second-order valence-electron chi connectivity index (χ2n) is 5.05. The molecule has 0 aromatic heterocycles. The third-order valence-corrected chi connectivity index (χ3v) is 3.12. The number of carbonyl (C=O) groups excluding carboxylic acids is 1. The van der Waals surface area contributed by atoms with Gasteiger partial charge in [0.1, 0.15) is 0 Å². The van der Waals surface area contributed by atoms with Crippen LogP contribution in [0, 0.1) is 0 Å². The third-order valence-electron chi connectivity index (χ3n) is 3.12. The molecule has 21 heavy (non-hydrogen) atoms. The van der Waals surface area contributed by atoms with E-state index in [1.165, 1.54) is 0 Å². The summed E-state index contributed by atoms with van der Waals surface area (Å²) >= 11 is 0. The number of carbonyl (C=O) groups is 2. The van der Waals surface area contributed by atoms with Crippen LogP contribution in [0.25, 0.3) is 0 Å². The van der Waals surface area contributed by atoms with Gasteiger partial charge in [-0.15, -0.1) is 0 Å². The van der Waals surface area contributed by atoms with Gasteiger partial charge in [0.15, 0.2) is 6.10 Å². The standard InChI is InChI=1S/C15H22N2O4/c1-17(2)12-6-3-11(4-7-12)5-8-14(19)16-10-9-13(18)15(20)21/h3-4,6-7,13,18H,5,8-10H2,1-2H3,(H,16,19)(H,20,21)/t13-/m0/s1. The number of nitrogens with one attached hydrogen (secondary N) is 1. The van der Waals surface area contributed by atoms with E-state index in [9.17, 15) is 9.59 Å². The number of aliphatic hydroxyl groups excluding tert-OH is 1. The number of hydrogen-bond acceptors (Lipinski definition) is 4. The molecule has 0 aliphatic heterocycles.